The molecule has 0 amide bonds. The normalized spacial score (nSPS) is 3.60. The highest BCUT2D eigenvalue weighted by atomic mass is 35.5. The van der Waals surface area contributed by atoms with Gasteiger partial charge in [-0.2, -0.15) is 0 Å². The predicted molar refractivity (Wildman–Crippen MR) is 13.4 cm³/mol. The molecule has 0 saturated heterocycles. The van der Waals surface area contributed by atoms with Crippen molar-refractivity contribution < 1.29 is 21.5 Å². The van der Waals surface area contributed by atoms with Gasteiger partial charge in [0.25, 0.3) is 0 Å². The number of rotatable bonds is 0. The number of hydrogen-bond donors (Lipinski definition) is 0. The van der Waals surface area contributed by atoms with Crippen molar-refractivity contribution >= 4 is 6.47 Å². The summed E-state index contributed by atoms with van der Waals surface area (Å²) < 4.78 is 0. The molecule has 0 aromatic heterocycles. The maximum Gasteiger partial charge on any atom is 0.160 e. The first-order valence-corrected chi connectivity index (χ1v) is 1.70. The molecule has 0 aliphatic carbocycles. The molecule has 2 nitrogen and oxygen atoms in total. The van der Waals surface area contributed by atoms with Gasteiger partial charge >= 0.3 is 0 Å². The van der Waals surface area contributed by atoms with Gasteiger partial charge in [0.2, 0.25) is 0 Å². The van der Waals surface area contributed by atoms with Gasteiger partial charge in [0.15, 0.2) is 6.38 Å². The zero-order valence-electron chi connectivity index (χ0n) is 2.80. The van der Waals surface area contributed by atoms with Crippen molar-refractivity contribution in [2.24, 2.45) is 0 Å². The summed E-state index contributed by atoms with van der Waals surface area (Å²) in [6.07, 6.45) is 1.58. The van der Waals surface area contributed by atoms with E-state index in [1.807, 2.05) is 0 Å². The summed E-state index contributed by atoms with van der Waals surface area (Å²) in [6, 6.07) is 0. The van der Waals surface area contributed by atoms with E-state index >= 15 is 0 Å². The quantitative estimate of drug-likeness (QED) is 0.265. The molecular formula is C2H5ClO2. The van der Waals surface area contributed by atoms with Gasteiger partial charge in [0, 0.05) is 6.47 Å². The molecule has 3 heteroatoms. The summed E-state index contributed by atoms with van der Waals surface area (Å²) in [5.74, 6) is 0. The molecule has 5 heavy (non-hydrogen) atoms. The summed E-state index contributed by atoms with van der Waals surface area (Å²) in [5.41, 5.74) is 0. The highest BCUT2D eigenvalue weighted by Crippen LogP contribution is 0.903. The average Bonchev–Trinajstić information content (AvgIpc) is 1.46. The summed E-state index contributed by atoms with van der Waals surface area (Å²) >= 11 is 4.08. The van der Waals surface area contributed by atoms with Crippen LogP contribution in [0.15, 0.2) is 0 Å². The lowest BCUT2D eigenvalue weighted by Crippen LogP contribution is -2.01. The number of hydrogen-bond acceptors (Lipinski definition) is 2. The molecule has 0 spiro atoms. The van der Waals surface area contributed by atoms with E-state index in [0.29, 0.717) is 0 Å². The second kappa shape index (κ2) is 49.6. The topological polar surface area (TPSA) is 40.1 Å². The van der Waals surface area contributed by atoms with E-state index in [9.17, 15) is 0 Å². The van der Waals surface area contributed by atoms with Crippen molar-refractivity contribution in [3.63, 3.8) is 0 Å². The summed E-state index contributed by atoms with van der Waals surface area (Å²) in [7, 11) is 0. The van der Waals surface area contributed by atoms with Gasteiger partial charge in [-0.15, -0.1) is 0 Å². The van der Waals surface area contributed by atoms with Crippen LogP contribution in [0.1, 0.15) is 0 Å². The molecule has 0 radical (unpaired) electrons. The van der Waals surface area contributed by atoms with E-state index in [1.165, 1.54) is 0 Å². The Labute approximate surface area is 35.4 Å². The first-order valence-electron chi connectivity index (χ1n) is 0.880. The minimum atomic E-state index is -0.500. The molecule has 0 heterocycles. The molecule has 0 saturated carbocycles. The van der Waals surface area contributed by atoms with Crippen molar-refractivity contribution in [3.8, 4) is 0 Å². The maximum atomic E-state index is 8.25. The van der Waals surface area contributed by atoms with Gasteiger partial charge in [0.05, 0.1) is 0 Å². The molecule has 0 aromatic carbocycles. The Morgan fingerprint density at radius 3 is 1.80 bits per heavy atom. The highest BCUT2D eigenvalue weighted by molar-refractivity contribution is 5.29. The summed E-state index contributed by atoms with van der Waals surface area (Å²) in [6.45, 7) is -0.500. The van der Waals surface area contributed by atoms with E-state index in [2.05, 4.69) is 11.6 Å². The molecule has 0 aliphatic rings. The van der Waals surface area contributed by atoms with Crippen LogP contribution >= 0.6 is 0 Å². The third-order valence-corrected chi connectivity index (χ3v) is 0. The number of carboxylic acid groups (broad SMARTS) is 1. The van der Waals surface area contributed by atoms with Crippen LogP contribution < -0.4 is 5.11 Å². The lowest BCUT2D eigenvalue weighted by Gasteiger charge is -1.52. The largest absolute Gasteiger partial charge is 0.554 e. The van der Waals surface area contributed by atoms with Gasteiger partial charge in [-0.05, 0) is 0 Å². The molecular weight excluding hydrogens is 91.5 g/mol. The number of alkyl halides is 1. The first-order chi connectivity index (χ1) is 2.41. The lowest BCUT2D eigenvalue weighted by atomic mass is 11.7. The minimum absolute atomic E-state index is 0.500. The number of halogens is 1. The Hall–Kier alpha value is -0.240. The second-order valence-corrected chi connectivity index (χ2v) is 0.0962. The van der Waals surface area contributed by atoms with Gasteiger partial charge in [-0.1, -0.05) is 0 Å². The van der Waals surface area contributed by atoms with Crippen molar-refractivity contribution in [1.82, 2.24) is 0 Å². The molecule has 0 rings (SSSR count). The fraction of sp³-hybridized carbons (Fsp3) is 0.500. The van der Waals surface area contributed by atoms with Crippen molar-refractivity contribution in [2.45, 2.75) is 0 Å². The van der Waals surface area contributed by atoms with E-state index in [0.717, 1.165) is 0 Å². The Morgan fingerprint density at radius 2 is 1.80 bits per heavy atom. The summed E-state index contributed by atoms with van der Waals surface area (Å²) in [5, 5.41) is 8.25. The zero-order valence-corrected chi connectivity index (χ0v) is 3.62. The third-order valence-electron chi connectivity index (χ3n) is 0. The van der Waals surface area contributed by atoms with E-state index in [4.69, 9.17) is 9.90 Å². The van der Waals surface area contributed by atoms with Crippen molar-refractivity contribution in [3.05, 3.63) is 0 Å². The molecule has 0 aromatic rings. The SMILES string of the molecule is C[ClH+].O=C[O-]. The van der Waals surface area contributed by atoms with Crippen LogP contribution in [0.5, 0.6) is 0 Å². The van der Waals surface area contributed by atoms with E-state index < -0.39 is 6.47 Å². The fourth-order valence-corrected chi connectivity index (χ4v) is 0. The van der Waals surface area contributed by atoms with Gasteiger partial charge in [-0.3, -0.25) is 0 Å². The highest BCUT2D eigenvalue weighted by Gasteiger charge is 1.13. The van der Waals surface area contributed by atoms with Crippen LogP contribution in [0.25, 0.3) is 0 Å². The monoisotopic (exact) mass is 96.0 g/mol. The standard InChI is InChI=1S/CH4Cl.CH2O2/c1-2;2-1-3/h2H,1H3;1H,(H,2,3)/q+1;/p-1. The van der Waals surface area contributed by atoms with Crippen molar-refractivity contribution in [1.29, 1.82) is 0 Å². The lowest BCUT2D eigenvalue weighted by molar-refractivity contribution is -0.325. The Bertz CT molecular complexity index is 15.1. The summed E-state index contributed by atoms with van der Waals surface area (Å²) in [4.78, 5) is 8.25. The van der Waals surface area contributed by atoms with E-state index in [-0.39, 0.29) is 0 Å². The number of carbonyl (C=O) groups excluding carboxylic acids is 1. The molecule has 0 atom stereocenters. The van der Waals surface area contributed by atoms with Crippen LogP contribution in [-0.4, -0.2) is 12.9 Å². The van der Waals surface area contributed by atoms with Crippen LogP contribution in [0.2, 0.25) is 0 Å². The molecule has 0 N–H and O–H groups in total. The first kappa shape index (κ1) is 8.83. The average molecular weight is 96.5 g/mol. The van der Waals surface area contributed by atoms with E-state index in [1.54, 1.807) is 6.38 Å². The van der Waals surface area contributed by atoms with Crippen LogP contribution in [0.4, 0.5) is 0 Å². The number of carbonyl (C=O) groups is 1. The van der Waals surface area contributed by atoms with Gasteiger partial charge < -0.3 is 9.90 Å². The smallest absolute Gasteiger partial charge is 0.160 e. The van der Waals surface area contributed by atoms with Gasteiger partial charge in [-0.25, -0.2) is 0 Å². The molecule has 0 bridgehead atoms. The minimum Gasteiger partial charge on any atom is -0.554 e. The molecule has 0 fully saturated rings. The van der Waals surface area contributed by atoms with Crippen LogP contribution in [-0.2, 0) is 4.79 Å². The van der Waals surface area contributed by atoms with Crippen LogP contribution in [0, 0.1) is 11.6 Å². The molecule has 0 unspecified atom stereocenters. The second-order valence-electron chi connectivity index (χ2n) is 0.0962. The van der Waals surface area contributed by atoms with Crippen molar-refractivity contribution in [2.75, 3.05) is 6.38 Å². The Balaban J connectivity index is 0. The van der Waals surface area contributed by atoms with Gasteiger partial charge in [0.1, 0.15) is 11.6 Å². The third kappa shape index (κ3) is 202. The molecule has 32 valence electrons. The maximum absolute atomic E-state index is 8.25. The zero-order chi connectivity index (χ0) is 4.71. The fourth-order valence-electron chi connectivity index (χ4n) is 0. The Kier molecular flexibility index (Phi) is 87.6. The van der Waals surface area contributed by atoms with Crippen LogP contribution in [0.3, 0.4) is 0 Å². The molecule has 0 aliphatic heterocycles. The Morgan fingerprint density at radius 1 is 1.80 bits per heavy atom. The predicted octanol–water partition coefficient (Wildman–Crippen LogP) is -1.74.